The summed E-state index contributed by atoms with van der Waals surface area (Å²) >= 11 is 1.49. The minimum atomic E-state index is -0.931. The maximum atomic E-state index is 12.0. The lowest BCUT2D eigenvalue weighted by Crippen LogP contribution is -2.45. The molecule has 25 heavy (non-hydrogen) atoms. The Bertz CT molecular complexity index is 571. The van der Waals surface area contributed by atoms with Crippen LogP contribution in [0.15, 0.2) is 22.8 Å². The van der Waals surface area contributed by atoms with Gasteiger partial charge in [-0.15, -0.1) is 0 Å². The van der Waals surface area contributed by atoms with Gasteiger partial charge in [-0.3, -0.25) is 4.21 Å². The number of nitrogens with one attached hydrogen (secondary N) is 1. The Hall–Kier alpha value is -0.880. The van der Waals surface area contributed by atoms with E-state index in [0.29, 0.717) is 17.8 Å². The highest BCUT2D eigenvalue weighted by Gasteiger charge is 2.30. The van der Waals surface area contributed by atoms with E-state index in [1.165, 1.54) is 75.5 Å². The van der Waals surface area contributed by atoms with Gasteiger partial charge in [0, 0.05) is 17.8 Å². The molecule has 0 aromatic carbocycles. The average molecular weight is 382 g/mol. The van der Waals surface area contributed by atoms with Gasteiger partial charge < -0.3 is 10.2 Å². The minimum absolute atomic E-state index is 0.612. The molecule has 0 radical (unpaired) electrons. The second kappa shape index (κ2) is 9.17. The molecule has 2 fully saturated rings. The Kier molecular flexibility index (Phi) is 6.93. The molecule has 1 unspecified atom stereocenters. The summed E-state index contributed by atoms with van der Waals surface area (Å²) in [6.45, 7) is 6.32. The van der Waals surface area contributed by atoms with E-state index in [1.807, 2.05) is 6.92 Å². The molecule has 0 saturated heterocycles. The highest BCUT2D eigenvalue weighted by Crippen LogP contribution is 2.33. The first kappa shape index (κ1) is 18.9. The number of hydrogen-bond acceptors (Lipinski definition) is 5. The van der Waals surface area contributed by atoms with Crippen molar-refractivity contribution in [2.45, 2.75) is 87.4 Å². The lowest BCUT2D eigenvalue weighted by Gasteiger charge is -2.44. The molecular weight excluding hydrogens is 350 g/mol. The molecule has 0 bridgehead atoms. The van der Waals surface area contributed by atoms with Crippen LogP contribution in [0, 0.1) is 0 Å². The molecule has 0 amide bonds. The summed E-state index contributed by atoms with van der Waals surface area (Å²) in [5.74, 6) is 1.63. The van der Waals surface area contributed by atoms with Gasteiger partial charge in [-0.1, -0.05) is 63.4 Å². The van der Waals surface area contributed by atoms with Crippen molar-refractivity contribution in [1.29, 1.82) is 0 Å². The number of rotatable bonds is 7. The molecule has 6 heteroatoms. The van der Waals surface area contributed by atoms with Crippen LogP contribution in [0.4, 0.5) is 5.13 Å². The van der Waals surface area contributed by atoms with Gasteiger partial charge in [-0.2, -0.15) is 0 Å². The van der Waals surface area contributed by atoms with Crippen LogP contribution in [0.5, 0.6) is 0 Å². The molecule has 140 valence electrons. The third kappa shape index (κ3) is 4.85. The zero-order valence-electron chi connectivity index (χ0n) is 15.3. The van der Waals surface area contributed by atoms with Crippen molar-refractivity contribution in [2.75, 3.05) is 11.1 Å². The van der Waals surface area contributed by atoms with Crippen LogP contribution >= 0.6 is 11.3 Å². The standard InChI is InChI=1S/C19H31N3OS2/c1-3-25(23)18-14-20-19(24-18)21-15(2)22(16-10-6-4-7-11-16)17-12-8-5-9-13-17/h14,16-17H,2-13H2,1H3,(H,20,21). The molecule has 2 aliphatic rings. The lowest BCUT2D eigenvalue weighted by atomic mass is 9.88. The largest absolute Gasteiger partial charge is 0.353 e. The van der Waals surface area contributed by atoms with Gasteiger partial charge in [0.05, 0.1) is 17.0 Å². The Morgan fingerprint density at radius 1 is 1.20 bits per heavy atom. The van der Waals surface area contributed by atoms with E-state index in [2.05, 4.69) is 21.8 Å². The third-order valence-corrected chi connectivity index (χ3v) is 8.06. The molecule has 1 aromatic heterocycles. The predicted octanol–water partition coefficient (Wildman–Crippen LogP) is 5.12. The predicted molar refractivity (Wildman–Crippen MR) is 107 cm³/mol. The van der Waals surface area contributed by atoms with Crippen LogP contribution in [0.2, 0.25) is 0 Å². The second-order valence-electron chi connectivity index (χ2n) is 7.18. The lowest BCUT2D eigenvalue weighted by molar-refractivity contribution is 0.121. The van der Waals surface area contributed by atoms with Crippen LogP contribution in [-0.4, -0.2) is 31.9 Å². The topological polar surface area (TPSA) is 45.2 Å². The van der Waals surface area contributed by atoms with E-state index < -0.39 is 10.8 Å². The number of thiazole rings is 1. The van der Waals surface area contributed by atoms with Gasteiger partial charge >= 0.3 is 0 Å². The summed E-state index contributed by atoms with van der Waals surface area (Å²) in [4.78, 5) is 7.00. The van der Waals surface area contributed by atoms with E-state index in [1.54, 1.807) is 6.20 Å². The average Bonchev–Trinajstić information content (AvgIpc) is 3.11. The minimum Gasteiger partial charge on any atom is -0.353 e. The fraction of sp³-hybridized carbons (Fsp3) is 0.737. The first-order valence-electron chi connectivity index (χ1n) is 9.77. The summed E-state index contributed by atoms with van der Waals surface area (Å²) in [5, 5.41) is 4.26. The molecule has 2 saturated carbocycles. The molecule has 0 spiro atoms. The Labute approximate surface area is 158 Å². The van der Waals surface area contributed by atoms with Crippen LogP contribution < -0.4 is 5.32 Å². The van der Waals surface area contributed by atoms with E-state index in [4.69, 9.17) is 0 Å². The van der Waals surface area contributed by atoms with E-state index in [0.717, 1.165) is 15.2 Å². The molecular formula is C19H31N3OS2. The second-order valence-corrected chi connectivity index (χ2v) is 10.2. The number of anilines is 1. The van der Waals surface area contributed by atoms with Crippen LogP contribution in [0.3, 0.4) is 0 Å². The summed E-state index contributed by atoms with van der Waals surface area (Å²) in [6.07, 6.45) is 14.9. The van der Waals surface area contributed by atoms with Crippen molar-refractivity contribution >= 4 is 27.3 Å². The summed E-state index contributed by atoms with van der Waals surface area (Å²) < 4.78 is 12.8. The van der Waals surface area contributed by atoms with Crippen molar-refractivity contribution < 1.29 is 4.21 Å². The molecule has 1 N–H and O–H groups in total. The molecule has 4 nitrogen and oxygen atoms in total. The fourth-order valence-electron chi connectivity index (χ4n) is 4.21. The normalized spacial score (nSPS) is 21.0. The van der Waals surface area contributed by atoms with E-state index >= 15 is 0 Å². The number of aromatic nitrogens is 1. The summed E-state index contributed by atoms with van der Waals surface area (Å²) in [5.41, 5.74) is 0. The van der Waals surface area contributed by atoms with E-state index in [9.17, 15) is 4.21 Å². The Balaban J connectivity index is 1.71. The molecule has 1 atom stereocenters. The van der Waals surface area contributed by atoms with E-state index in [-0.39, 0.29) is 0 Å². The van der Waals surface area contributed by atoms with Crippen LogP contribution in [-0.2, 0) is 10.8 Å². The van der Waals surface area contributed by atoms with Gasteiger partial charge in [0.25, 0.3) is 0 Å². The fourth-order valence-corrected chi connectivity index (χ4v) is 6.20. The van der Waals surface area contributed by atoms with Crippen molar-refractivity contribution in [3.8, 4) is 0 Å². The SMILES string of the molecule is C=C(Nc1ncc(S(=O)CC)s1)N(C1CCCCC1)C1CCCCC1. The maximum Gasteiger partial charge on any atom is 0.189 e. The smallest absolute Gasteiger partial charge is 0.189 e. The van der Waals surface area contributed by atoms with Gasteiger partial charge in [-0.05, 0) is 25.7 Å². The monoisotopic (exact) mass is 381 g/mol. The zero-order valence-corrected chi connectivity index (χ0v) is 17.0. The molecule has 2 aliphatic carbocycles. The quantitative estimate of drug-likeness (QED) is 0.712. The maximum absolute atomic E-state index is 12.0. The number of hydrogen-bond donors (Lipinski definition) is 1. The van der Waals surface area contributed by atoms with Crippen molar-refractivity contribution in [3.63, 3.8) is 0 Å². The highest BCUT2D eigenvalue weighted by atomic mass is 32.2. The van der Waals surface area contributed by atoms with Gasteiger partial charge in [0.1, 0.15) is 10.0 Å². The molecule has 0 aliphatic heterocycles. The molecule has 1 aromatic rings. The zero-order chi connectivity index (χ0) is 17.6. The molecule has 1 heterocycles. The first-order chi connectivity index (χ1) is 12.2. The van der Waals surface area contributed by atoms with Crippen LogP contribution in [0.1, 0.15) is 71.1 Å². The van der Waals surface area contributed by atoms with Gasteiger partial charge in [-0.25, -0.2) is 4.98 Å². The van der Waals surface area contributed by atoms with Crippen molar-refractivity contribution in [3.05, 3.63) is 18.6 Å². The number of nitrogens with zero attached hydrogens (tertiary/aromatic N) is 2. The Morgan fingerprint density at radius 3 is 2.28 bits per heavy atom. The van der Waals surface area contributed by atoms with Gasteiger partial charge in [0.15, 0.2) is 5.13 Å². The van der Waals surface area contributed by atoms with Gasteiger partial charge in [0.2, 0.25) is 0 Å². The summed E-state index contributed by atoms with van der Waals surface area (Å²) in [6, 6.07) is 1.22. The summed E-state index contributed by atoms with van der Waals surface area (Å²) in [7, 11) is -0.931. The Morgan fingerprint density at radius 2 is 1.76 bits per heavy atom. The van der Waals surface area contributed by atoms with Crippen molar-refractivity contribution in [2.24, 2.45) is 0 Å². The van der Waals surface area contributed by atoms with Crippen molar-refractivity contribution in [1.82, 2.24) is 9.88 Å². The first-order valence-corrected chi connectivity index (χ1v) is 11.9. The highest BCUT2D eigenvalue weighted by molar-refractivity contribution is 7.87. The van der Waals surface area contributed by atoms with Crippen LogP contribution in [0.25, 0.3) is 0 Å². The molecule has 3 rings (SSSR count). The third-order valence-electron chi connectivity index (χ3n) is 5.47.